The summed E-state index contributed by atoms with van der Waals surface area (Å²) in [4.78, 5) is 4.02. The van der Waals surface area contributed by atoms with Crippen LogP contribution in [0.4, 0.5) is 10.2 Å². The van der Waals surface area contributed by atoms with E-state index in [1.807, 2.05) is 42.5 Å². The predicted octanol–water partition coefficient (Wildman–Crippen LogP) is 3.88. The van der Waals surface area contributed by atoms with Crippen LogP contribution in [0.5, 0.6) is 0 Å². The summed E-state index contributed by atoms with van der Waals surface area (Å²) in [5.74, 6) is 0.257. The molecule has 2 aromatic rings. The van der Waals surface area contributed by atoms with Gasteiger partial charge in [0.05, 0.1) is 0 Å². The topological polar surface area (TPSA) is 24.9 Å². The third-order valence-electron chi connectivity index (χ3n) is 3.82. The Hall–Kier alpha value is -1.90. The van der Waals surface area contributed by atoms with Crippen LogP contribution < -0.4 is 5.32 Å². The van der Waals surface area contributed by atoms with Gasteiger partial charge < -0.3 is 5.32 Å². The molecule has 0 atom stereocenters. The molecule has 2 nitrogen and oxygen atoms in total. The molecular weight excluding hydrogens is 239 g/mol. The van der Waals surface area contributed by atoms with Crippen molar-refractivity contribution in [2.24, 2.45) is 0 Å². The molecular formula is C16H17FN2. The lowest BCUT2D eigenvalue weighted by Crippen LogP contribution is -2.08. The van der Waals surface area contributed by atoms with E-state index in [9.17, 15) is 4.39 Å². The van der Waals surface area contributed by atoms with Crippen molar-refractivity contribution in [2.45, 2.75) is 31.7 Å². The molecule has 19 heavy (non-hydrogen) atoms. The number of pyridine rings is 1. The van der Waals surface area contributed by atoms with Crippen LogP contribution in [0.3, 0.4) is 0 Å². The van der Waals surface area contributed by atoms with Crippen molar-refractivity contribution in [1.29, 1.82) is 0 Å². The number of hydrogen-bond donors (Lipinski definition) is 1. The molecule has 0 radical (unpaired) electrons. The van der Waals surface area contributed by atoms with Gasteiger partial charge >= 0.3 is 0 Å². The second kappa shape index (κ2) is 4.65. The predicted molar refractivity (Wildman–Crippen MR) is 74.5 cm³/mol. The van der Waals surface area contributed by atoms with Gasteiger partial charge in [-0.15, -0.1) is 0 Å². The minimum absolute atomic E-state index is 0.0229. The maximum absolute atomic E-state index is 14.0. The highest BCUT2D eigenvalue weighted by molar-refractivity contribution is 5.40. The fraction of sp³-hybridized carbons (Fsp3) is 0.312. The summed E-state index contributed by atoms with van der Waals surface area (Å²) in [7, 11) is 0. The van der Waals surface area contributed by atoms with Crippen LogP contribution in [0.25, 0.3) is 0 Å². The Morgan fingerprint density at radius 2 is 1.89 bits per heavy atom. The number of anilines is 1. The van der Waals surface area contributed by atoms with Crippen LogP contribution in [-0.4, -0.2) is 4.98 Å². The number of hydrogen-bond acceptors (Lipinski definition) is 2. The Morgan fingerprint density at radius 3 is 2.53 bits per heavy atom. The van der Waals surface area contributed by atoms with Crippen LogP contribution in [-0.2, 0) is 12.0 Å². The van der Waals surface area contributed by atoms with E-state index in [-0.39, 0.29) is 11.4 Å². The molecule has 1 fully saturated rings. The van der Waals surface area contributed by atoms with Crippen LogP contribution in [0.2, 0.25) is 0 Å². The summed E-state index contributed by atoms with van der Waals surface area (Å²) in [5.41, 5.74) is 1.93. The molecule has 0 spiro atoms. The Bertz CT molecular complexity index is 577. The lowest BCUT2D eigenvalue weighted by molar-refractivity contribution is 0.548. The SMILES string of the molecule is CC1(c2ccc(NCc3ccccc3)nc2F)CC1. The van der Waals surface area contributed by atoms with E-state index in [4.69, 9.17) is 0 Å². The highest BCUT2D eigenvalue weighted by atomic mass is 19.1. The van der Waals surface area contributed by atoms with E-state index in [1.165, 1.54) is 0 Å². The smallest absolute Gasteiger partial charge is 0.218 e. The standard InChI is InChI=1S/C16H17FN2/c1-16(9-10-16)13-7-8-14(19-15(13)17)18-11-12-5-3-2-4-6-12/h2-8H,9-11H2,1H3,(H,18,19). The number of aromatic nitrogens is 1. The van der Waals surface area contributed by atoms with Gasteiger partial charge in [0.1, 0.15) is 5.82 Å². The average molecular weight is 256 g/mol. The molecule has 1 aliphatic carbocycles. The zero-order chi connectivity index (χ0) is 13.3. The quantitative estimate of drug-likeness (QED) is 0.840. The fourth-order valence-electron chi connectivity index (χ4n) is 2.23. The monoisotopic (exact) mass is 256 g/mol. The van der Waals surface area contributed by atoms with E-state index in [0.717, 1.165) is 24.0 Å². The molecule has 0 unspecified atom stereocenters. The zero-order valence-corrected chi connectivity index (χ0v) is 11.0. The highest BCUT2D eigenvalue weighted by Crippen LogP contribution is 2.48. The van der Waals surface area contributed by atoms with Crippen molar-refractivity contribution in [3.05, 3.63) is 59.5 Å². The molecule has 1 saturated carbocycles. The summed E-state index contributed by atoms with van der Waals surface area (Å²) in [5, 5.41) is 3.15. The maximum atomic E-state index is 14.0. The summed E-state index contributed by atoms with van der Waals surface area (Å²) >= 11 is 0. The molecule has 0 saturated heterocycles. The number of nitrogens with one attached hydrogen (secondary N) is 1. The minimum Gasteiger partial charge on any atom is -0.366 e. The normalized spacial score (nSPS) is 16.1. The summed E-state index contributed by atoms with van der Waals surface area (Å²) < 4.78 is 14.0. The van der Waals surface area contributed by atoms with Gasteiger partial charge in [-0.25, -0.2) is 4.98 Å². The van der Waals surface area contributed by atoms with Gasteiger partial charge in [0.2, 0.25) is 5.95 Å². The molecule has 0 bridgehead atoms. The number of nitrogens with zero attached hydrogens (tertiary/aromatic N) is 1. The van der Waals surface area contributed by atoms with E-state index < -0.39 is 0 Å². The Morgan fingerprint density at radius 1 is 1.16 bits per heavy atom. The van der Waals surface area contributed by atoms with E-state index >= 15 is 0 Å². The van der Waals surface area contributed by atoms with Gasteiger partial charge in [-0.05, 0) is 29.9 Å². The van der Waals surface area contributed by atoms with Gasteiger partial charge in [-0.3, -0.25) is 0 Å². The summed E-state index contributed by atoms with van der Waals surface area (Å²) in [6.45, 7) is 2.74. The van der Waals surface area contributed by atoms with Crippen LogP contribution in [0, 0.1) is 5.95 Å². The first-order chi connectivity index (χ1) is 9.17. The summed E-state index contributed by atoms with van der Waals surface area (Å²) in [6.07, 6.45) is 2.12. The van der Waals surface area contributed by atoms with Crippen molar-refractivity contribution in [2.75, 3.05) is 5.32 Å². The number of benzene rings is 1. The van der Waals surface area contributed by atoms with Gasteiger partial charge in [-0.2, -0.15) is 4.39 Å². The van der Waals surface area contributed by atoms with Crippen LogP contribution in [0.1, 0.15) is 30.9 Å². The van der Waals surface area contributed by atoms with Crippen LogP contribution in [0.15, 0.2) is 42.5 Å². The second-order valence-corrected chi connectivity index (χ2v) is 5.43. The Kier molecular flexibility index (Phi) is 2.97. The molecule has 1 aromatic heterocycles. The Labute approximate surface area is 112 Å². The maximum Gasteiger partial charge on any atom is 0.218 e. The first-order valence-electron chi connectivity index (χ1n) is 6.62. The second-order valence-electron chi connectivity index (χ2n) is 5.43. The van der Waals surface area contributed by atoms with E-state index in [1.54, 1.807) is 0 Å². The average Bonchev–Trinajstić information content (AvgIpc) is 3.16. The third kappa shape index (κ3) is 2.60. The highest BCUT2D eigenvalue weighted by Gasteiger charge is 2.41. The largest absolute Gasteiger partial charge is 0.366 e. The van der Waals surface area contributed by atoms with Gasteiger partial charge in [0, 0.05) is 12.1 Å². The molecule has 0 aliphatic heterocycles. The van der Waals surface area contributed by atoms with Crippen molar-refractivity contribution in [1.82, 2.24) is 4.98 Å². The fourth-order valence-corrected chi connectivity index (χ4v) is 2.23. The molecule has 1 N–H and O–H groups in total. The first kappa shape index (κ1) is 12.2. The third-order valence-corrected chi connectivity index (χ3v) is 3.82. The molecule has 1 aliphatic rings. The Balaban J connectivity index is 1.71. The molecule has 1 aromatic carbocycles. The number of halogens is 1. The van der Waals surface area contributed by atoms with Crippen molar-refractivity contribution >= 4 is 5.82 Å². The minimum atomic E-state index is -0.335. The van der Waals surface area contributed by atoms with Crippen molar-refractivity contribution in [3.63, 3.8) is 0 Å². The zero-order valence-electron chi connectivity index (χ0n) is 11.0. The summed E-state index contributed by atoms with van der Waals surface area (Å²) in [6, 6.07) is 13.7. The molecule has 1 heterocycles. The van der Waals surface area contributed by atoms with Gasteiger partial charge in [-0.1, -0.05) is 43.3 Å². The van der Waals surface area contributed by atoms with Crippen molar-refractivity contribution < 1.29 is 4.39 Å². The van der Waals surface area contributed by atoms with Gasteiger partial charge in [0.15, 0.2) is 0 Å². The lowest BCUT2D eigenvalue weighted by Gasteiger charge is -2.11. The van der Waals surface area contributed by atoms with E-state index in [2.05, 4.69) is 17.2 Å². The van der Waals surface area contributed by atoms with Crippen molar-refractivity contribution in [3.8, 4) is 0 Å². The van der Waals surface area contributed by atoms with E-state index in [0.29, 0.717) is 12.4 Å². The van der Waals surface area contributed by atoms with Gasteiger partial charge in [0.25, 0.3) is 0 Å². The van der Waals surface area contributed by atoms with Crippen LogP contribution >= 0.6 is 0 Å². The lowest BCUT2D eigenvalue weighted by atomic mass is 10.0. The number of rotatable bonds is 4. The molecule has 3 rings (SSSR count). The first-order valence-corrected chi connectivity index (χ1v) is 6.62. The molecule has 0 amide bonds. The molecule has 98 valence electrons. The molecule has 3 heteroatoms.